The molecule has 0 spiro atoms. The molecule has 0 aliphatic carbocycles. The maximum atomic E-state index is 12.8. The summed E-state index contributed by atoms with van der Waals surface area (Å²) in [7, 11) is 0. The highest BCUT2D eigenvalue weighted by Gasteiger charge is 2.19. The standard InChI is InChI=1S/C55H98O6/c1-4-7-10-13-16-19-22-25-27-30-33-36-39-42-45-48-54(57)60-51-52(50-59-53(56)47-44-41-38-35-32-29-24-21-18-15-12-9-6-3)61-55(58)49-46-43-40-37-34-31-28-26-23-20-17-14-11-8-5-2/h16,19,25-28,33,36,52H,4-15,17-18,20-24,29-32,34-35,37-51H2,1-3H3/b19-16-,27-25-,28-26-,36-33-/t52-/m1/s1. The maximum Gasteiger partial charge on any atom is 0.306 e. The largest absolute Gasteiger partial charge is 0.462 e. The molecule has 0 heterocycles. The Hall–Kier alpha value is -2.63. The van der Waals surface area contributed by atoms with Crippen molar-refractivity contribution >= 4 is 17.9 Å². The molecule has 0 aromatic carbocycles. The lowest BCUT2D eigenvalue weighted by molar-refractivity contribution is -0.167. The van der Waals surface area contributed by atoms with E-state index < -0.39 is 6.10 Å². The van der Waals surface area contributed by atoms with Gasteiger partial charge in [-0.2, -0.15) is 0 Å². The van der Waals surface area contributed by atoms with Crippen LogP contribution in [-0.4, -0.2) is 37.2 Å². The molecule has 0 unspecified atom stereocenters. The smallest absolute Gasteiger partial charge is 0.306 e. The molecule has 61 heavy (non-hydrogen) atoms. The summed E-state index contributed by atoms with van der Waals surface area (Å²) < 4.78 is 16.8. The van der Waals surface area contributed by atoms with Crippen LogP contribution in [0.5, 0.6) is 0 Å². The first kappa shape index (κ1) is 58.4. The van der Waals surface area contributed by atoms with Crippen LogP contribution >= 0.6 is 0 Å². The minimum Gasteiger partial charge on any atom is -0.462 e. The Kier molecular flexibility index (Phi) is 47.9. The Morgan fingerprint density at radius 2 is 0.590 bits per heavy atom. The van der Waals surface area contributed by atoms with E-state index in [1.807, 2.05) is 0 Å². The van der Waals surface area contributed by atoms with Crippen molar-refractivity contribution in [1.29, 1.82) is 0 Å². The molecule has 0 radical (unpaired) electrons. The molecule has 0 rings (SSSR count). The van der Waals surface area contributed by atoms with Gasteiger partial charge < -0.3 is 14.2 Å². The molecule has 0 bridgehead atoms. The summed E-state index contributed by atoms with van der Waals surface area (Å²) in [6, 6.07) is 0. The summed E-state index contributed by atoms with van der Waals surface area (Å²) in [5.41, 5.74) is 0. The first-order valence-corrected chi connectivity index (χ1v) is 26.1. The number of hydrogen-bond donors (Lipinski definition) is 0. The summed E-state index contributed by atoms with van der Waals surface area (Å²) in [4.78, 5) is 37.9. The zero-order valence-electron chi connectivity index (χ0n) is 40.4. The van der Waals surface area contributed by atoms with Crippen LogP contribution in [-0.2, 0) is 28.6 Å². The zero-order chi connectivity index (χ0) is 44.4. The SMILES string of the molecule is CCCCC/C=C\C/C=C\C/C=C\CCCCC(=O)OC[C@@H](COC(=O)CCCCCCCCCCCCCCC)OC(=O)CCCCCCC/C=C\CCCCCCCC. The number of unbranched alkanes of at least 4 members (excludes halogenated alkanes) is 28. The second-order valence-corrected chi connectivity index (χ2v) is 17.4. The number of carbonyl (C=O) groups is 3. The lowest BCUT2D eigenvalue weighted by Gasteiger charge is -2.18. The van der Waals surface area contributed by atoms with Crippen LogP contribution in [0.25, 0.3) is 0 Å². The van der Waals surface area contributed by atoms with Crippen LogP contribution in [0.2, 0.25) is 0 Å². The quantitative estimate of drug-likeness (QED) is 0.0263. The first-order valence-electron chi connectivity index (χ1n) is 26.1. The van der Waals surface area contributed by atoms with Crippen LogP contribution in [0, 0.1) is 0 Å². The Morgan fingerprint density at radius 1 is 0.328 bits per heavy atom. The maximum absolute atomic E-state index is 12.8. The van der Waals surface area contributed by atoms with Gasteiger partial charge in [-0.25, -0.2) is 0 Å². The summed E-state index contributed by atoms with van der Waals surface area (Å²) >= 11 is 0. The highest BCUT2D eigenvalue weighted by molar-refractivity contribution is 5.71. The molecule has 354 valence electrons. The van der Waals surface area contributed by atoms with Gasteiger partial charge in [0.05, 0.1) is 0 Å². The van der Waals surface area contributed by atoms with E-state index >= 15 is 0 Å². The van der Waals surface area contributed by atoms with E-state index in [0.29, 0.717) is 19.3 Å². The number of rotatable bonds is 47. The topological polar surface area (TPSA) is 78.9 Å². The highest BCUT2D eigenvalue weighted by atomic mass is 16.6. The van der Waals surface area contributed by atoms with Crippen molar-refractivity contribution < 1.29 is 28.6 Å². The lowest BCUT2D eigenvalue weighted by Crippen LogP contribution is -2.30. The van der Waals surface area contributed by atoms with Gasteiger partial charge in [0.25, 0.3) is 0 Å². The van der Waals surface area contributed by atoms with E-state index in [0.717, 1.165) is 83.5 Å². The molecular formula is C55H98O6. The fraction of sp³-hybridized carbons (Fsp3) is 0.800. The molecular weight excluding hydrogens is 757 g/mol. The molecule has 0 aliphatic rings. The van der Waals surface area contributed by atoms with E-state index in [-0.39, 0.29) is 31.1 Å². The Bertz CT molecular complexity index is 1070. The Balaban J connectivity index is 4.44. The molecule has 6 nitrogen and oxygen atoms in total. The summed E-state index contributed by atoms with van der Waals surface area (Å²) in [5.74, 6) is -0.927. The predicted octanol–water partition coefficient (Wildman–Crippen LogP) is 17.1. The molecule has 0 aromatic heterocycles. The van der Waals surface area contributed by atoms with Gasteiger partial charge >= 0.3 is 17.9 Å². The monoisotopic (exact) mass is 855 g/mol. The molecule has 0 aromatic rings. The second kappa shape index (κ2) is 50.0. The van der Waals surface area contributed by atoms with E-state index in [4.69, 9.17) is 14.2 Å². The normalized spacial score (nSPS) is 12.4. The van der Waals surface area contributed by atoms with Crippen LogP contribution in [0.1, 0.15) is 265 Å². The fourth-order valence-electron chi connectivity index (χ4n) is 7.33. The number of allylic oxidation sites excluding steroid dienone is 8. The third kappa shape index (κ3) is 48.3. The highest BCUT2D eigenvalue weighted by Crippen LogP contribution is 2.15. The van der Waals surface area contributed by atoms with E-state index in [1.165, 1.54) is 141 Å². The van der Waals surface area contributed by atoms with Crippen molar-refractivity contribution in [1.82, 2.24) is 0 Å². The fourth-order valence-corrected chi connectivity index (χ4v) is 7.33. The third-order valence-electron chi connectivity index (χ3n) is 11.3. The van der Waals surface area contributed by atoms with Gasteiger partial charge in [-0.1, -0.05) is 211 Å². The molecule has 0 amide bonds. The predicted molar refractivity (Wildman–Crippen MR) is 261 cm³/mol. The lowest BCUT2D eigenvalue weighted by atomic mass is 10.0. The average Bonchev–Trinajstić information content (AvgIpc) is 3.26. The minimum atomic E-state index is -0.789. The van der Waals surface area contributed by atoms with Crippen LogP contribution in [0.3, 0.4) is 0 Å². The molecule has 1 atom stereocenters. The van der Waals surface area contributed by atoms with Gasteiger partial charge in [-0.3, -0.25) is 14.4 Å². The summed E-state index contributed by atoms with van der Waals surface area (Å²) in [5, 5.41) is 0. The van der Waals surface area contributed by atoms with Gasteiger partial charge in [0.15, 0.2) is 6.10 Å². The van der Waals surface area contributed by atoms with Crippen LogP contribution < -0.4 is 0 Å². The molecule has 0 saturated heterocycles. The van der Waals surface area contributed by atoms with E-state index in [1.54, 1.807) is 0 Å². The molecule has 0 fully saturated rings. The van der Waals surface area contributed by atoms with Crippen LogP contribution in [0.15, 0.2) is 48.6 Å². The van der Waals surface area contributed by atoms with Gasteiger partial charge in [-0.15, -0.1) is 0 Å². The number of ether oxygens (including phenoxy) is 3. The minimum absolute atomic E-state index is 0.0862. The van der Waals surface area contributed by atoms with Crippen molar-refractivity contribution in [3.8, 4) is 0 Å². The summed E-state index contributed by atoms with van der Waals surface area (Å²) in [6.45, 7) is 6.58. The van der Waals surface area contributed by atoms with Gasteiger partial charge in [-0.05, 0) is 83.5 Å². The Labute approximate surface area is 378 Å². The summed E-state index contributed by atoms with van der Waals surface area (Å²) in [6.07, 6.45) is 59.5. The van der Waals surface area contributed by atoms with Crippen LogP contribution in [0.4, 0.5) is 0 Å². The molecule has 0 aliphatic heterocycles. The molecule has 0 N–H and O–H groups in total. The number of esters is 3. The van der Waals surface area contributed by atoms with E-state index in [2.05, 4.69) is 69.4 Å². The van der Waals surface area contributed by atoms with Crippen molar-refractivity contribution in [2.75, 3.05) is 13.2 Å². The van der Waals surface area contributed by atoms with Crippen molar-refractivity contribution in [2.24, 2.45) is 0 Å². The molecule has 0 saturated carbocycles. The average molecular weight is 855 g/mol. The molecule has 6 heteroatoms. The van der Waals surface area contributed by atoms with Crippen molar-refractivity contribution in [3.05, 3.63) is 48.6 Å². The van der Waals surface area contributed by atoms with Crippen molar-refractivity contribution in [3.63, 3.8) is 0 Å². The van der Waals surface area contributed by atoms with Gasteiger partial charge in [0, 0.05) is 19.3 Å². The second-order valence-electron chi connectivity index (χ2n) is 17.4. The first-order chi connectivity index (χ1) is 30.0. The third-order valence-corrected chi connectivity index (χ3v) is 11.3. The van der Waals surface area contributed by atoms with E-state index in [9.17, 15) is 14.4 Å². The number of carbonyl (C=O) groups excluding carboxylic acids is 3. The van der Waals surface area contributed by atoms with Crippen molar-refractivity contribution in [2.45, 2.75) is 271 Å². The van der Waals surface area contributed by atoms with Gasteiger partial charge in [0.2, 0.25) is 0 Å². The number of hydrogen-bond acceptors (Lipinski definition) is 6. The Morgan fingerprint density at radius 3 is 1.00 bits per heavy atom. The zero-order valence-corrected chi connectivity index (χ0v) is 40.4. The van der Waals surface area contributed by atoms with Gasteiger partial charge in [0.1, 0.15) is 13.2 Å².